The molecule has 3 N–H and O–H groups in total. The molecule has 1 aromatic heterocycles. The first kappa shape index (κ1) is 13.9. The van der Waals surface area contributed by atoms with E-state index in [1.165, 1.54) is 24.4 Å². The van der Waals surface area contributed by atoms with Crippen molar-refractivity contribution < 1.29 is 8.78 Å². The Balaban J connectivity index is 2.34. The fourth-order valence-corrected chi connectivity index (χ4v) is 2.07. The van der Waals surface area contributed by atoms with Crippen molar-refractivity contribution in [1.29, 1.82) is 0 Å². The Labute approximate surface area is 114 Å². The lowest BCUT2D eigenvalue weighted by Gasteiger charge is -2.18. The van der Waals surface area contributed by atoms with Crippen LogP contribution in [0.5, 0.6) is 0 Å². The van der Waals surface area contributed by atoms with Gasteiger partial charge in [-0.1, -0.05) is 17.7 Å². The van der Waals surface area contributed by atoms with E-state index in [1.807, 2.05) is 0 Å². The molecular formula is C13H12ClF2N3. The average molecular weight is 284 g/mol. The van der Waals surface area contributed by atoms with Crippen LogP contribution in [0.15, 0.2) is 36.7 Å². The Morgan fingerprint density at radius 3 is 2.53 bits per heavy atom. The Morgan fingerprint density at radius 2 is 1.95 bits per heavy atom. The van der Waals surface area contributed by atoms with E-state index in [1.54, 1.807) is 12.3 Å². The van der Waals surface area contributed by atoms with Crippen molar-refractivity contribution in [3.8, 4) is 0 Å². The van der Waals surface area contributed by atoms with Crippen LogP contribution in [0.25, 0.3) is 0 Å². The molecule has 0 aliphatic heterocycles. The summed E-state index contributed by atoms with van der Waals surface area (Å²) in [6.45, 7) is 0. The topological polar surface area (TPSA) is 50.9 Å². The quantitative estimate of drug-likeness (QED) is 0.670. The lowest BCUT2D eigenvalue weighted by molar-refractivity contribution is 0.473. The van der Waals surface area contributed by atoms with Gasteiger partial charge >= 0.3 is 0 Å². The van der Waals surface area contributed by atoms with Crippen LogP contribution >= 0.6 is 11.6 Å². The minimum Gasteiger partial charge on any atom is -0.271 e. The van der Waals surface area contributed by atoms with Crippen LogP contribution in [0.4, 0.5) is 8.78 Å². The highest BCUT2D eigenvalue weighted by Crippen LogP contribution is 2.26. The molecule has 1 aromatic carbocycles. The van der Waals surface area contributed by atoms with Gasteiger partial charge in [0.1, 0.15) is 11.6 Å². The van der Waals surface area contributed by atoms with Gasteiger partial charge in [-0.15, -0.1) is 0 Å². The van der Waals surface area contributed by atoms with Crippen LogP contribution in [-0.4, -0.2) is 4.98 Å². The number of benzene rings is 1. The minimum atomic E-state index is -0.707. The van der Waals surface area contributed by atoms with E-state index in [0.717, 1.165) is 0 Å². The molecular weight excluding hydrogens is 272 g/mol. The van der Waals surface area contributed by atoms with Gasteiger partial charge in [-0.25, -0.2) is 8.78 Å². The third-order valence-electron chi connectivity index (χ3n) is 2.83. The molecule has 19 heavy (non-hydrogen) atoms. The van der Waals surface area contributed by atoms with E-state index >= 15 is 0 Å². The van der Waals surface area contributed by atoms with E-state index in [9.17, 15) is 8.78 Å². The standard InChI is InChI=1S/C13H12ClF2N3/c14-9-7-18-5-4-8(9)6-12(19-17)13-10(15)2-1-3-11(13)16/h1-5,7,12,19H,6,17H2. The van der Waals surface area contributed by atoms with E-state index in [2.05, 4.69) is 10.4 Å². The zero-order valence-electron chi connectivity index (χ0n) is 9.91. The number of aromatic nitrogens is 1. The molecule has 0 radical (unpaired) electrons. The number of halogens is 3. The number of hydrogen-bond donors (Lipinski definition) is 2. The van der Waals surface area contributed by atoms with Crippen molar-refractivity contribution in [3.63, 3.8) is 0 Å². The SMILES string of the molecule is NNC(Cc1ccncc1Cl)c1c(F)cccc1F. The van der Waals surface area contributed by atoms with Gasteiger partial charge in [-0.05, 0) is 30.2 Å². The summed E-state index contributed by atoms with van der Waals surface area (Å²) in [4.78, 5) is 3.85. The van der Waals surface area contributed by atoms with E-state index < -0.39 is 17.7 Å². The lowest BCUT2D eigenvalue weighted by atomic mass is 9.99. The Kier molecular flexibility index (Phi) is 4.42. The highest BCUT2D eigenvalue weighted by molar-refractivity contribution is 6.31. The maximum absolute atomic E-state index is 13.7. The van der Waals surface area contributed by atoms with Crippen LogP contribution in [0.1, 0.15) is 17.2 Å². The molecule has 2 rings (SSSR count). The number of pyridine rings is 1. The Hall–Kier alpha value is -1.56. The molecule has 0 bridgehead atoms. The van der Waals surface area contributed by atoms with Crippen molar-refractivity contribution in [2.75, 3.05) is 0 Å². The first-order valence-electron chi connectivity index (χ1n) is 5.62. The predicted molar refractivity (Wildman–Crippen MR) is 69.4 cm³/mol. The summed E-state index contributed by atoms with van der Waals surface area (Å²) in [6, 6.07) is 4.67. The van der Waals surface area contributed by atoms with E-state index in [4.69, 9.17) is 17.4 Å². The third-order valence-corrected chi connectivity index (χ3v) is 3.17. The van der Waals surface area contributed by atoms with Crippen molar-refractivity contribution in [3.05, 3.63) is 64.4 Å². The van der Waals surface area contributed by atoms with Crippen LogP contribution in [-0.2, 0) is 6.42 Å². The summed E-state index contributed by atoms with van der Waals surface area (Å²) in [5, 5.41) is 0.430. The minimum absolute atomic E-state index is 0.0992. The number of rotatable bonds is 4. The third kappa shape index (κ3) is 3.07. The Morgan fingerprint density at radius 1 is 1.26 bits per heavy atom. The number of nitrogens with zero attached hydrogens (tertiary/aromatic N) is 1. The smallest absolute Gasteiger partial charge is 0.130 e. The van der Waals surface area contributed by atoms with E-state index in [-0.39, 0.29) is 12.0 Å². The lowest BCUT2D eigenvalue weighted by Crippen LogP contribution is -2.31. The summed E-state index contributed by atoms with van der Waals surface area (Å²) in [7, 11) is 0. The molecule has 1 atom stereocenters. The van der Waals surface area contributed by atoms with Gasteiger partial charge in [0.25, 0.3) is 0 Å². The fraction of sp³-hybridized carbons (Fsp3) is 0.154. The van der Waals surface area contributed by atoms with Gasteiger partial charge in [0.2, 0.25) is 0 Å². The highest BCUT2D eigenvalue weighted by atomic mass is 35.5. The summed E-state index contributed by atoms with van der Waals surface area (Å²) in [6.07, 6.45) is 3.30. The zero-order valence-corrected chi connectivity index (χ0v) is 10.7. The van der Waals surface area contributed by atoms with Crippen LogP contribution in [0, 0.1) is 11.6 Å². The second-order valence-electron chi connectivity index (χ2n) is 4.03. The zero-order chi connectivity index (χ0) is 13.8. The maximum Gasteiger partial charge on any atom is 0.130 e. The van der Waals surface area contributed by atoms with Gasteiger partial charge < -0.3 is 0 Å². The van der Waals surface area contributed by atoms with Crippen LogP contribution < -0.4 is 11.3 Å². The van der Waals surface area contributed by atoms with Crippen molar-refractivity contribution in [2.24, 2.45) is 5.84 Å². The number of nitrogens with two attached hydrogens (primary N) is 1. The second kappa shape index (κ2) is 6.06. The summed E-state index contributed by atoms with van der Waals surface area (Å²) >= 11 is 5.97. The number of hydrogen-bond acceptors (Lipinski definition) is 3. The molecule has 0 saturated heterocycles. The first-order valence-corrected chi connectivity index (χ1v) is 5.99. The van der Waals surface area contributed by atoms with Crippen molar-refractivity contribution in [2.45, 2.75) is 12.5 Å². The average Bonchev–Trinajstić information content (AvgIpc) is 2.39. The van der Waals surface area contributed by atoms with Gasteiger partial charge in [0, 0.05) is 18.0 Å². The summed E-state index contributed by atoms with van der Waals surface area (Å²) in [5.41, 5.74) is 3.03. The number of nitrogens with one attached hydrogen (secondary N) is 1. The molecule has 2 aromatic rings. The predicted octanol–water partition coefficient (Wildman–Crippen LogP) is 2.76. The number of hydrazine groups is 1. The van der Waals surface area contributed by atoms with Crippen molar-refractivity contribution >= 4 is 11.6 Å². The van der Waals surface area contributed by atoms with Gasteiger partial charge in [0.05, 0.1) is 11.1 Å². The molecule has 6 heteroatoms. The molecule has 0 saturated carbocycles. The van der Waals surface area contributed by atoms with Gasteiger partial charge in [-0.3, -0.25) is 16.3 Å². The van der Waals surface area contributed by atoms with Crippen molar-refractivity contribution in [1.82, 2.24) is 10.4 Å². The molecule has 1 heterocycles. The monoisotopic (exact) mass is 283 g/mol. The van der Waals surface area contributed by atoms with E-state index in [0.29, 0.717) is 10.6 Å². The molecule has 0 spiro atoms. The normalized spacial score (nSPS) is 12.4. The molecule has 100 valence electrons. The molecule has 1 unspecified atom stereocenters. The maximum atomic E-state index is 13.7. The first-order chi connectivity index (χ1) is 9.13. The molecule has 0 aliphatic rings. The van der Waals surface area contributed by atoms with Gasteiger partial charge in [-0.2, -0.15) is 0 Å². The van der Waals surface area contributed by atoms with Gasteiger partial charge in [0.15, 0.2) is 0 Å². The second-order valence-corrected chi connectivity index (χ2v) is 4.43. The molecule has 0 amide bonds. The summed E-state index contributed by atoms with van der Waals surface area (Å²) in [5.74, 6) is 4.11. The molecule has 0 fully saturated rings. The summed E-state index contributed by atoms with van der Waals surface area (Å²) < 4.78 is 27.4. The van der Waals surface area contributed by atoms with Crippen LogP contribution in [0.2, 0.25) is 5.02 Å². The molecule has 0 aliphatic carbocycles. The largest absolute Gasteiger partial charge is 0.271 e. The highest BCUT2D eigenvalue weighted by Gasteiger charge is 2.20. The fourth-order valence-electron chi connectivity index (χ4n) is 1.88. The van der Waals surface area contributed by atoms with Crippen LogP contribution in [0.3, 0.4) is 0 Å². The Bertz CT molecular complexity index is 557. The molecule has 3 nitrogen and oxygen atoms in total.